The Hall–Kier alpha value is -3.88. The molecule has 0 N–H and O–H groups in total. The Kier molecular flexibility index (Phi) is 5.77. The first-order chi connectivity index (χ1) is 13.9. The quantitative estimate of drug-likeness (QED) is 0.449. The Bertz CT molecular complexity index is 1030. The minimum Gasteiger partial charge on any atom is -0.493 e. The largest absolute Gasteiger partial charge is 0.493 e. The van der Waals surface area contributed by atoms with Crippen molar-refractivity contribution in [3.63, 3.8) is 0 Å². The molecule has 0 atom stereocenters. The molecule has 0 radical (unpaired) electrons. The van der Waals surface area contributed by atoms with Gasteiger partial charge in [0.15, 0.2) is 11.5 Å². The molecule has 0 saturated heterocycles. The van der Waals surface area contributed by atoms with E-state index < -0.39 is 10.8 Å². The Morgan fingerprint density at radius 2 is 1.83 bits per heavy atom. The van der Waals surface area contributed by atoms with Crippen molar-refractivity contribution in [2.75, 3.05) is 21.3 Å². The van der Waals surface area contributed by atoms with Crippen LogP contribution in [0.15, 0.2) is 54.9 Å². The predicted molar refractivity (Wildman–Crippen MR) is 106 cm³/mol. The summed E-state index contributed by atoms with van der Waals surface area (Å²) in [6.07, 6.45) is 3.46. The fourth-order valence-corrected chi connectivity index (χ4v) is 2.91. The summed E-state index contributed by atoms with van der Waals surface area (Å²) in [6.45, 7) is 0.233. The molecule has 0 aliphatic carbocycles. The number of nitrogens with zero attached hydrogens (tertiary/aromatic N) is 4. The second kappa shape index (κ2) is 8.42. The first kappa shape index (κ1) is 19.9. The molecule has 0 unspecified atom stereocenters. The van der Waals surface area contributed by atoms with Crippen LogP contribution in [0.1, 0.15) is 15.9 Å². The third kappa shape index (κ3) is 4.18. The molecule has 0 fully saturated rings. The highest BCUT2D eigenvalue weighted by Crippen LogP contribution is 2.35. The molecule has 150 valence electrons. The highest BCUT2D eigenvalue weighted by Gasteiger charge is 2.26. The van der Waals surface area contributed by atoms with Crippen LogP contribution in [0, 0.1) is 10.1 Å². The van der Waals surface area contributed by atoms with Gasteiger partial charge in [0.05, 0.1) is 37.1 Å². The molecular weight excluding hydrogens is 376 g/mol. The molecule has 3 rings (SSSR count). The Morgan fingerprint density at radius 3 is 2.45 bits per heavy atom. The molecule has 9 nitrogen and oxygen atoms in total. The third-order valence-electron chi connectivity index (χ3n) is 4.35. The third-order valence-corrected chi connectivity index (χ3v) is 4.35. The lowest BCUT2D eigenvalue weighted by atomic mass is 10.1. The number of para-hydroxylation sites is 1. The number of aromatic nitrogens is 2. The van der Waals surface area contributed by atoms with Crippen LogP contribution < -0.4 is 9.47 Å². The van der Waals surface area contributed by atoms with Gasteiger partial charge in [-0.05, 0) is 12.1 Å². The summed E-state index contributed by atoms with van der Waals surface area (Å²) in [5, 5.41) is 15.8. The summed E-state index contributed by atoms with van der Waals surface area (Å²) in [6, 6.07) is 12.1. The van der Waals surface area contributed by atoms with Gasteiger partial charge in [-0.15, -0.1) is 0 Å². The smallest absolute Gasteiger partial charge is 0.286 e. The van der Waals surface area contributed by atoms with Crippen LogP contribution in [0.4, 0.5) is 5.69 Å². The second-order valence-electron chi connectivity index (χ2n) is 6.27. The SMILES string of the molecule is COc1cc(C(=O)N(C)Cc2cnn(-c3ccccc3)c2)c([N+](=O)[O-])cc1OC. The van der Waals surface area contributed by atoms with Gasteiger partial charge in [0, 0.05) is 31.4 Å². The minimum atomic E-state index is -0.615. The number of carbonyl (C=O) groups is 1. The average molecular weight is 396 g/mol. The predicted octanol–water partition coefficient (Wildman–Crippen LogP) is 3.07. The van der Waals surface area contributed by atoms with Crippen molar-refractivity contribution in [1.82, 2.24) is 14.7 Å². The van der Waals surface area contributed by atoms with Gasteiger partial charge in [-0.25, -0.2) is 4.68 Å². The van der Waals surface area contributed by atoms with Crippen molar-refractivity contribution < 1.29 is 19.2 Å². The van der Waals surface area contributed by atoms with E-state index in [1.807, 2.05) is 36.5 Å². The van der Waals surface area contributed by atoms with Crippen LogP contribution in [-0.2, 0) is 6.54 Å². The second-order valence-corrected chi connectivity index (χ2v) is 6.27. The standard InChI is InChI=1S/C20H20N4O5/c1-22(12-14-11-21-23(13-14)15-7-5-4-6-8-15)20(25)16-9-18(28-2)19(29-3)10-17(16)24(26)27/h4-11,13H,12H2,1-3H3. The molecule has 0 bridgehead atoms. The number of hydrogen-bond donors (Lipinski definition) is 0. The van der Waals surface area contributed by atoms with E-state index in [1.54, 1.807) is 17.9 Å². The van der Waals surface area contributed by atoms with Gasteiger partial charge in [0.2, 0.25) is 0 Å². The molecule has 0 aliphatic heterocycles. The van der Waals surface area contributed by atoms with Crippen LogP contribution >= 0.6 is 0 Å². The first-order valence-electron chi connectivity index (χ1n) is 8.69. The van der Waals surface area contributed by atoms with Gasteiger partial charge >= 0.3 is 0 Å². The van der Waals surface area contributed by atoms with Crippen LogP contribution in [0.2, 0.25) is 0 Å². The topological polar surface area (TPSA) is 99.7 Å². The Morgan fingerprint density at radius 1 is 1.17 bits per heavy atom. The van der Waals surface area contributed by atoms with Gasteiger partial charge in [0.25, 0.3) is 11.6 Å². The van der Waals surface area contributed by atoms with Crippen LogP contribution in [0.5, 0.6) is 11.5 Å². The minimum absolute atomic E-state index is 0.0781. The maximum absolute atomic E-state index is 12.9. The number of carbonyl (C=O) groups excluding carboxylic acids is 1. The summed E-state index contributed by atoms with van der Waals surface area (Å²) in [7, 11) is 4.35. The number of benzene rings is 2. The fraction of sp³-hybridized carbons (Fsp3) is 0.200. The molecule has 1 amide bonds. The molecule has 2 aromatic carbocycles. The summed E-state index contributed by atoms with van der Waals surface area (Å²) < 4.78 is 12.0. The van der Waals surface area contributed by atoms with E-state index in [4.69, 9.17) is 9.47 Å². The fourth-order valence-electron chi connectivity index (χ4n) is 2.91. The van der Waals surface area contributed by atoms with Gasteiger partial charge in [-0.2, -0.15) is 5.10 Å². The van der Waals surface area contributed by atoms with Crippen molar-refractivity contribution in [1.29, 1.82) is 0 Å². The maximum Gasteiger partial charge on any atom is 0.286 e. The number of rotatable bonds is 7. The normalized spacial score (nSPS) is 10.4. The van der Waals surface area contributed by atoms with Gasteiger partial charge in [-0.1, -0.05) is 18.2 Å². The lowest BCUT2D eigenvalue weighted by Gasteiger charge is -2.17. The number of ether oxygens (including phenoxy) is 2. The van der Waals surface area contributed by atoms with E-state index >= 15 is 0 Å². The molecule has 0 saturated carbocycles. The van der Waals surface area contributed by atoms with Crippen molar-refractivity contribution >= 4 is 11.6 Å². The molecule has 29 heavy (non-hydrogen) atoms. The van der Waals surface area contributed by atoms with Crippen molar-refractivity contribution in [2.24, 2.45) is 0 Å². The summed E-state index contributed by atoms with van der Waals surface area (Å²) in [4.78, 5) is 25.2. The van der Waals surface area contributed by atoms with E-state index in [9.17, 15) is 14.9 Å². The molecule has 1 heterocycles. The monoisotopic (exact) mass is 396 g/mol. The van der Waals surface area contributed by atoms with E-state index in [0.717, 1.165) is 11.3 Å². The zero-order valence-corrected chi connectivity index (χ0v) is 16.2. The number of nitro benzene ring substituents is 1. The molecule has 0 aliphatic rings. The van der Waals surface area contributed by atoms with Crippen LogP contribution in [-0.4, -0.2) is 46.8 Å². The van der Waals surface area contributed by atoms with E-state index in [0.29, 0.717) is 0 Å². The van der Waals surface area contributed by atoms with Crippen molar-refractivity contribution in [3.8, 4) is 17.2 Å². The molecular formula is C20H20N4O5. The number of nitro groups is 1. The Labute approximate surface area is 167 Å². The molecule has 3 aromatic rings. The lowest BCUT2D eigenvalue weighted by Crippen LogP contribution is -2.26. The zero-order chi connectivity index (χ0) is 21.0. The summed E-state index contributed by atoms with van der Waals surface area (Å²) in [5.74, 6) is -0.0839. The highest BCUT2D eigenvalue weighted by molar-refractivity contribution is 5.98. The molecule has 9 heteroatoms. The molecule has 1 aromatic heterocycles. The average Bonchev–Trinajstić information content (AvgIpc) is 3.21. The first-order valence-corrected chi connectivity index (χ1v) is 8.69. The summed E-state index contributed by atoms with van der Waals surface area (Å²) >= 11 is 0. The highest BCUT2D eigenvalue weighted by atomic mass is 16.6. The number of hydrogen-bond acceptors (Lipinski definition) is 6. The molecule has 0 spiro atoms. The van der Waals surface area contributed by atoms with Crippen molar-refractivity contribution in [3.05, 3.63) is 76.1 Å². The lowest BCUT2D eigenvalue weighted by molar-refractivity contribution is -0.385. The van der Waals surface area contributed by atoms with E-state index in [-0.39, 0.29) is 29.3 Å². The van der Waals surface area contributed by atoms with E-state index in [2.05, 4.69) is 5.10 Å². The Balaban J connectivity index is 1.85. The van der Waals surface area contributed by atoms with Crippen LogP contribution in [0.3, 0.4) is 0 Å². The summed E-state index contributed by atoms with van der Waals surface area (Å²) in [5.41, 5.74) is 1.25. The van der Waals surface area contributed by atoms with E-state index in [1.165, 1.54) is 31.3 Å². The van der Waals surface area contributed by atoms with Gasteiger partial charge < -0.3 is 14.4 Å². The van der Waals surface area contributed by atoms with Crippen molar-refractivity contribution in [2.45, 2.75) is 6.54 Å². The maximum atomic E-state index is 12.9. The number of amides is 1. The van der Waals surface area contributed by atoms with Gasteiger partial charge in [-0.3, -0.25) is 14.9 Å². The zero-order valence-electron chi connectivity index (χ0n) is 16.2. The van der Waals surface area contributed by atoms with Gasteiger partial charge in [0.1, 0.15) is 5.56 Å². The number of methoxy groups -OCH3 is 2. The van der Waals surface area contributed by atoms with Crippen LogP contribution in [0.25, 0.3) is 5.69 Å².